The van der Waals surface area contributed by atoms with Crippen molar-refractivity contribution < 1.29 is 9.59 Å². The van der Waals surface area contributed by atoms with E-state index in [1.165, 1.54) is 6.92 Å². The number of nitrogens with one attached hydrogen (secondary N) is 1. The number of likely N-dealkylation sites (tertiary alicyclic amines) is 1. The van der Waals surface area contributed by atoms with Crippen molar-refractivity contribution in [1.29, 1.82) is 0 Å². The van der Waals surface area contributed by atoms with Crippen molar-refractivity contribution in [3.8, 4) is 0 Å². The molecule has 0 radical (unpaired) electrons. The van der Waals surface area contributed by atoms with Crippen LogP contribution in [0.5, 0.6) is 0 Å². The Kier molecular flexibility index (Phi) is 4.27. The number of hydrogen-bond donors (Lipinski definition) is 2. The van der Waals surface area contributed by atoms with E-state index in [9.17, 15) is 9.59 Å². The van der Waals surface area contributed by atoms with Crippen molar-refractivity contribution in [1.82, 2.24) is 10.2 Å². The molecule has 3 N–H and O–H groups in total. The predicted octanol–water partition coefficient (Wildman–Crippen LogP) is 1.32. The lowest BCUT2D eigenvalue weighted by molar-refractivity contribution is -0.120. The highest BCUT2D eigenvalue weighted by Crippen LogP contribution is 2.19. The number of nitrogen functional groups attached to an aromatic ring is 1. The molecule has 1 aliphatic rings. The number of carbonyl (C=O) groups is 2. The number of benzene rings is 1. The molecule has 1 heterocycles. The molecule has 1 aromatic carbocycles. The number of anilines is 1. The Morgan fingerprint density at radius 1 is 1.40 bits per heavy atom. The molecule has 1 atom stereocenters. The second-order valence-corrected chi connectivity index (χ2v) is 5.38. The van der Waals surface area contributed by atoms with E-state index in [2.05, 4.69) is 5.32 Å². The van der Waals surface area contributed by atoms with Crippen LogP contribution in [0.15, 0.2) is 18.2 Å². The Morgan fingerprint density at radius 3 is 2.85 bits per heavy atom. The van der Waals surface area contributed by atoms with Crippen LogP contribution in [-0.2, 0) is 4.79 Å². The summed E-state index contributed by atoms with van der Waals surface area (Å²) in [5.41, 5.74) is 7.96. The summed E-state index contributed by atoms with van der Waals surface area (Å²) in [5.74, 6) is -0.111. The molecule has 5 heteroatoms. The molecule has 0 saturated carbocycles. The van der Waals surface area contributed by atoms with Crippen LogP contribution in [0.25, 0.3) is 0 Å². The van der Waals surface area contributed by atoms with E-state index in [4.69, 9.17) is 5.73 Å². The number of hydrogen-bond acceptors (Lipinski definition) is 3. The van der Waals surface area contributed by atoms with Crippen LogP contribution in [0.4, 0.5) is 5.69 Å². The summed E-state index contributed by atoms with van der Waals surface area (Å²) in [6.45, 7) is 4.69. The van der Waals surface area contributed by atoms with Crippen molar-refractivity contribution in [2.75, 3.05) is 18.8 Å². The van der Waals surface area contributed by atoms with Crippen LogP contribution in [0, 0.1) is 6.92 Å². The van der Waals surface area contributed by atoms with Gasteiger partial charge in [0.2, 0.25) is 5.91 Å². The number of nitrogens with zero attached hydrogens (tertiary/aromatic N) is 1. The number of aryl methyl sites for hydroxylation is 1. The zero-order chi connectivity index (χ0) is 14.7. The van der Waals surface area contributed by atoms with Gasteiger partial charge < -0.3 is 16.0 Å². The maximum absolute atomic E-state index is 12.5. The second-order valence-electron chi connectivity index (χ2n) is 5.38. The first kappa shape index (κ1) is 14.4. The minimum Gasteiger partial charge on any atom is -0.398 e. The minimum atomic E-state index is -0.0561. The zero-order valence-corrected chi connectivity index (χ0v) is 12.0. The number of amides is 2. The number of rotatable bonds is 2. The number of nitrogens with two attached hydrogens (primary N) is 1. The standard InChI is InChI=1S/C15H21N3O2/c1-10-5-6-14(16)13(8-10)15(20)18-7-3-4-12(9-18)17-11(2)19/h5-6,8,12H,3-4,7,9,16H2,1-2H3,(H,17,19). The van der Waals surface area contributed by atoms with Gasteiger partial charge in [-0.05, 0) is 31.9 Å². The summed E-state index contributed by atoms with van der Waals surface area (Å²) in [6, 6.07) is 5.51. The smallest absolute Gasteiger partial charge is 0.256 e. The first-order valence-corrected chi connectivity index (χ1v) is 6.90. The van der Waals surface area contributed by atoms with Crippen molar-refractivity contribution in [3.63, 3.8) is 0 Å². The highest BCUT2D eigenvalue weighted by atomic mass is 16.2. The molecule has 1 aliphatic heterocycles. The molecular formula is C15H21N3O2. The van der Waals surface area contributed by atoms with E-state index in [0.29, 0.717) is 24.3 Å². The van der Waals surface area contributed by atoms with E-state index in [1.54, 1.807) is 11.0 Å². The molecule has 1 fully saturated rings. The quantitative estimate of drug-likeness (QED) is 0.799. The summed E-state index contributed by atoms with van der Waals surface area (Å²) in [6.07, 6.45) is 1.80. The average Bonchev–Trinajstić information content (AvgIpc) is 2.40. The summed E-state index contributed by atoms with van der Waals surface area (Å²) >= 11 is 0. The monoisotopic (exact) mass is 275 g/mol. The van der Waals surface area contributed by atoms with E-state index in [1.807, 2.05) is 19.1 Å². The molecule has 0 aliphatic carbocycles. The normalized spacial score (nSPS) is 18.7. The Labute approximate surface area is 119 Å². The summed E-state index contributed by atoms with van der Waals surface area (Å²) < 4.78 is 0. The topological polar surface area (TPSA) is 75.4 Å². The first-order chi connectivity index (χ1) is 9.47. The van der Waals surface area contributed by atoms with Crippen LogP contribution in [-0.4, -0.2) is 35.8 Å². The van der Waals surface area contributed by atoms with E-state index >= 15 is 0 Å². The molecule has 1 unspecified atom stereocenters. The molecular weight excluding hydrogens is 254 g/mol. The third-order valence-corrected chi connectivity index (χ3v) is 3.56. The van der Waals surface area contributed by atoms with Crippen LogP contribution in [0.1, 0.15) is 35.7 Å². The van der Waals surface area contributed by atoms with Crippen molar-refractivity contribution in [2.24, 2.45) is 0 Å². The number of carbonyl (C=O) groups excluding carboxylic acids is 2. The van der Waals surface area contributed by atoms with E-state index in [0.717, 1.165) is 18.4 Å². The van der Waals surface area contributed by atoms with Gasteiger partial charge in [0.1, 0.15) is 0 Å². The Morgan fingerprint density at radius 2 is 2.15 bits per heavy atom. The van der Waals surface area contributed by atoms with Crippen molar-refractivity contribution in [2.45, 2.75) is 32.7 Å². The van der Waals surface area contributed by atoms with Crippen LogP contribution in [0.2, 0.25) is 0 Å². The van der Waals surface area contributed by atoms with Crippen molar-refractivity contribution in [3.05, 3.63) is 29.3 Å². The highest BCUT2D eigenvalue weighted by Gasteiger charge is 2.25. The van der Waals surface area contributed by atoms with Gasteiger partial charge in [0.15, 0.2) is 0 Å². The Balaban J connectivity index is 2.12. The van der Waals surface area contributed by atoms with Gasteiger partial charge in [-0.15, -0.1) is 0 Å². The fraction of sp³-hybridized carbons (Fsp3) is 0.467. The Hall–Kier alpha value is -2.04. The summed E-state index contributed by atoms with van der Waals surface area (Å²) in [5, 5.41) is 2.88. The fourth-order valence-electron chi connectivity index (χ4n) is 2.59. The second kappa shape index (κ2) is 5.94. The van der Waals surface area contributed by atoms with Gasteiger partial charge in [-0.25, -0.2) is 0 Å². The molecule has 20 heavy (non-hydrogen) atoms. The molecule has 0 aromatic heterocycles. The molecule has 5 nitrogen and oxygen atoms in total. The van der Waals surface area contributed by atoms with Gasteiger partial charge >= 0.3 is 0 Å². The van der Waals surface area contributed by atoms with Crippen LogP contribution >= 0.6 is 0 Å². The van der Waals surface area contributed by atoms with Gasteiger partial charge in [0.25, 0.3) is 5.91 Å². The molecule has 0 bridgehead atoms. The SMILES string of the molecule is CC(=O)NC1CCCN(C(=O)c2cc(C)ccc2N)C1. The van der Waals surface area contributed by atoms with Crippen molar-refractivity contribution >= 4 is 17.5 Å². The van der Waals surface area contributed by atoms with Crippen LogP contribution in [0.3, 0.4) is 0 Å². The molecule has 0 spiro atoms. The molecule has 1 saturated heterocycles. The third kappa shape index (κ3) is 3.29. The molecule has 2 amide bonds. The predicted molar refractivity (Wildman–Crippen MR) is 78.3 cm³/mol. The fourth-order valence-corrected chi connectivity index (χ4v) is 2.59. The Bertz CT molecular complexity index is 528. The average molecular weight is 275 g/mol. The largest absolute Gasteiger partial charge is 0.398 e. The highest BCUT2D eigenvalue weighted by molar-refractivity contribution is 5.99. The lowest BCUT2D eigenvalue weighted by Crippen LogP contribution is -2.49. The molecule has 108 valence electrons. The van der Waals surface area contributed by atoms with Gasteiger partial charge in [-0.1, -0.05) is 11.6 Å². The maximum Gasteiger partial charge on any atom is 0.256 e. The summed E-state index contributed by atoms with van der Waals surface area (Å²) in [7, 11) is 0. The van der Waals surface area contributed by atoms with Gasteiger partial charge in [-0.2, -0.15) is 0 Å². The van der Waals surface area contributed by atoms with E-state index in [-0.39, 0.29) is 17.9 Å². The lowest BCUT2D eigenvalue weighted by Gasteiger charge is -2.33. The number of piperidine rings is 1. The minimum absolute atomic E-state index is 0.0382. The molecule has 2 rings (SSSR count). The third-order valence-electron chi connectivity index (χ3n) is 3.56. The maximum atomic E-state index is 12.5. The molecule has 1 aromatic rings. The van der Waals surface area contributed by atoms with Gasteiger partial charge in [0.05, 0.1) is 5.56 Å². The zero-order valence-electron chi connectivity index (χ0n) is 12.0. The lowest BCUT2D eigenvalue weighted by atomic mass is 10.0. The summed E-state index contributed by atoms with van der Waals surface area (Å²) in [4.78, 5) is 25.4. The van der Waals surface area contributed by atoms with Gasteiger partial charge in [-0.3, -0.25) is 9.59 Å². The first-order valence-electron chi connectivity index (χ1n) is 6.90. The van der Waals surface area contributed by atoms with Gasteiger partial charge in [0, 0.05) is 31.7 Å². The van der Waals surface area contributed by atoms with Crippen LogP contribution < -0.4 is 11.1 Å². The van der Waals surface area contributed by atoms with E-state index < -0.39 is 0 Å².